The van der Waals surface area contributed by atoms with Crippen molar-refractivity contribution in [3.05, 3.63) is 71.8 Å². The Morgan fingerprint density at radius 3 is 1.40 bits per heavy atom. The number of unbranched alkanes of at least 4 members (excludes halogenated alkanes) is 2. The Balaban J connectivity index is 2.07. The molecule has 0 bridgehead atoms. The van der Waals surface area contributed by atoms with E-state index >= 15 is 0 Å². The molecule has 0 amide bonds. The van der Waals surface area contributed by atoms with Gasteiger partial charge in [0, 0.05) is 0 Å². The maximum absolute atomic E-state index is 6.63. The van der Waals surface area contributed by atoms with Gasteiger partial charge in [-0.25, -0.2) is 0 Å². The molecule has 0 N–H and O–H groups in total. The molecule has 0 atom stereocenters. The Hall–Kier alpha value is -0.841. The summed E-state index contributed by atoms with van der Waals surface area (Å²) in [5.74, 6) is 0. The first-order valence-electron chi connectivity index (χ1n) is 9.64. The van der Waals surface area contributed by atoms with Gasteiger partial charge in [-0.2, -0.15) is 0 Å². The first kappa shape index (κ1) is 20.5. The molecule has 0 aliphatic heterocycles. The van der Waals surface area contributed by atoms with Gasteiger partial charge < -0.3 is 0 Å². The topological polar surface area (TPSA) is 18.5 Å². The second kappa shape index (κ2) is 11.7. The van der Waals surface area contributed by atoms with Crippen molar-refractivity contribution in [3.8, 4) is 0 Å². The van der Waals surface area contributed by atoms with E-state index in [0.717, 1.165) is 8.87 Å². The zero-order chi connectivity index (χ0) is 17.8. The molecule has 2 aromatic rings. The second-order valence-electron chi connectivity index (χ2n) is 6.67. The molecule has 2 nitrogen and oxygen atoms in total. The summed E-state index contributed by atoms with van der Waals surface area (Å²) in [6, 6.07) is 21.0. The standard InChI is InChI=1S/2C7H7O.2C4H9.Sn/c2*8-6-7-4-2-1-3-5-7;2*1-3-4-2;/h2*1-5H,6H2;2*1,3-4H2,2H3;/q2*-1;;;+2. The van der Waals surface area contributed by atoms with Crippen LogP contribution in [-0.2, 0) is 19.4 Å². The van der Waals surface area contributed by atoms with E-state index in [9.17, 15) is 0 Å². The van der Waals surface area contributed by atoms with Crippen LogP contribution in [0.3, 0.4) is 0 Å². The van der Waals surface area contributed by atoms with Gasteiger partial charge in [-0.05, 0) is 0 Å². The third-order valence-electron chi connectivity index (χ3n) is 4.51. The molecule has 136 valence electrons. The fourth-order valence-corrected chi connectivity index (χ4v) is 13.1. The Morgan fingerprint density at radius 2 is 1.04 bits per heavy atom. The molecule has 0 saturated carbocycles. The molecule has 0 unspecified atom stereocenters. The second-order valence-corrected chi connectivity index (χ2v) is 16.4. The number of rotatable bonds is 12. The van der Waals surface area contributed by atoms with Crippen molar-refractivity contribution in [2.45, 2.75) is 61.6 Å². The van der Waals surface area contributed by atoms with Crippen LogP contribution in [-0.4, -0.2) is 19.2 Å². The minimum absolute atomic E-state index is 0.694. The summed E-state index contributed by atoms with van der Waals surface area (Å²) < 4.78 is 15.6. The average Bonchev–Trinajstić information content (AvgIpc) is 2.68. The van der Waals surface area contributed by atoms with Gasteiger partial charge in [0.15, 0.2) is 0 Å². The quantitative estimate of drug-likeness (QED) is 0.348. The van der Waals surface area contributed by atoms with E-state index in [2.05, 4.69) is 74.5 Å². The molecule has 3 heteroatoms. The molecule has 0 saturated heterocycles. The molecule has 0 aromatic heterocycles. The fraction of sp³-hybridized carbons (Fsp3) is 0.455. The molecular formula is C22H32O2Sn. The van der Waals surface area contributed by atoms with Crippen LogP contribution in [0.2, 0.25) is 8.87 Å². The average molecular weight is 447 g/mol. The third kappa shape index (κ3) is 7.51. The van der Waals surface area contributed by atoms with Crippen molar-refractivity contribution in [3.63, 3.8) is 0 Å². The molecule has 0 aliphatic carbocycles. The summed E-state index contributed by atoms with van der Waals surface area (Å²) in [6.07, 6.45) is 4.83. The number of benzene rings is 2. The molecule has 2 rings (SSSR count). The van der Waals surface area contributed by atoms with Crippen molar-refractivity contribution in [2.75, 3.05) is 0 Å². The minimum atomic E-state index is -3.08. The fourth-order valence-electron chi connectivity index (χ4n) is 2.93. The van der Waals surface area contributed by atoms with E-state index in [0.29, 0.717) is 13.2 Å². The van der Waals surface area contributed by atoms with Gasteiger partial charge in [-0.3, -0.25) is 0 Å². The molecular weight excluding hydrogens is 415 g/mol. The molecule has 0 fully saturated rings. The van der Waals surface area contributed by atoms with Crippen LogP contribution in [0.1, 0.15) is 50.7 Å². The monoisotopic (exact) mass is 448 g/mol. The van der Waals surface area contributed by atoms with E-state index in [1.54, 1.807) is 0 Å². The molecule has 25 heavy (non-hydrogen) atoms. The summed E-state index contributed by atoms with van der Waals surface area (Å²) in [5, 5.41) is 0. The summed E-state index contributed by atoms with van der Waals surface area (Å²) in [5.41, 5.74) is 2.50. The first-order valence-corrected chi connectivity index (χ1v) is 16.0. The first-order chi connectivity index (χ1) is 12.3. The van der Waals surface area contributed by atoms with Crippen LogP contribution in [0.4, 0.5) is 0 Å². The van der Waals surface area contributed by atoms with E-state index in [1.807, 2.05) is 0 Å². The Morgan fingerprint density at radius 1 is 0.640 bits per heavy atom. The third-order valence-corrected chi connectivity index (χ3v) is 14.7. The Bertz CT molecular complexity index is 518. The van der Waals surface area contributed by atoms with Gasteiger partial charge in [0.05, 0.1) is 0 Å². The normalized spacial score (nSPS) is 11.6. The molecule has 0 spiro atoms. The van der Waals surface area contributed by atoms with Gasteiger partial charge >= 0.3 is 159 Å². The summed E-state index contributed by atoms with van der Waals surface area (Å²) in [4.78, 5) is 0. The summed E-state index contributed by atoms with van der Waals surface area (Å²) >= 11 is -3.08. The zero-order valence-corrected chi connectivity index (χ0v) is 18.6. The van der Waals surface area contributed by atoms with Crippen LogP contribution in [0.15, 0.2) is 60.7 Å². The van der Waals surface area contributed by atoms with Crippen molar-refractivity contribution in [1.29, 1.82) is 0 Å². The zero-order valence-electron chi connectivity index (χ0n) is 15.7. The predicted octanol–water partition coefficient (Wildman–Crippen LogP) is 6.46. The van der Waals surface area contributed by atoms with E-state index in [1.165, 1.54) is 36.8 Å². The Kier molecular flexibility index (Phi) is 9.59. The van der Waals surface area contributed by atoms with Crippen molar-refractivity contribution in [1.82, 2.24) is 0 Å². The molecule has 0 radical (unpaired) electrons. The van der Waals surface area contributed by atoms with Crippen molar-refractivity contribution >= 4 is 19.2 Å². The van der Waals surface area contributed by atoms with Gasteiger partial charge in [-0.1, -0.05) is 0 Å². The maximum atomic E-state index is 6.63. The van der Waals surface area contributed by atoms with E-state index in [-0.39, 0.29) is 0 Å². The van der Waals surface area contributed by atoms with Crippen LogP contribution >= 0.6 is 0 Å². The number of hydrogen-bond acceptors (Lipinski definition) is 2. The van der Waals surface area contributed by atoms with Crippen LogP contribution in [0.25, 0.3) is 0 Å². The van der Waals surface area contributed by atoms with E-state index < -0.39 is 19.2 Å². The van der Waals surface area contributed by atoms with E-state index in [4.69, 9.17) is 6.15 Å². The number of hydrogen-bond donors (Lipinski definition) is 0. The van der Waals surface area contributed by atoms with Gasteiger partial charge in [-0.15, -0.1) is 0 Å². The van der Waals surface area contributed by atoms with Crippen LogP contribution < -0.4 is 0 Å². The Labute approximate surface area is 158 Å². The van der Waals surface area contributed by atoms with Gasteiger partial charge in [0.2, 0.25) is 0 Å². The molecule has 0 heterocycles. The van der Waals surface area contributed by atoms with Gasteiger partial charge in [0.25, 0.3) is 0 Å². The molecule has 0 aliphatic rings. The van der Waals surface area contributed by atoms with Gasteiger partial charge in [0.1, 0.15) is 0 Å². The summed E-state index contributed by atoms with van der Waals surface area (Å²) in [7, 11) is 0. The van der Waals surface area contributed by atoms with Crippen molar-refractivity contribution < 1.29 is 6.15 Å². The van der Waals surface area contributed by atoms with Crippen LogP contribution in [0, 0.1) is 0 Å². The SMILES string of the molecule is CCC[CH2][Sn]([CH2]CCC)([O]Cc1ccccc1)[O]Cc1ccccc1. The predicted molar refractivity (Wildman–Crippen MR) is 108 cm³/mol. The van der Waals surface area contributed by atoms with Crippen molar-refractivity contribution in [2.24, 2.45) is 0 Å². The molecule has 2 aromatic carbocycles. The summed E-state index contributed by atoms with van der Waals surface area (Å²) in [6.45, 7) is 5.90. The van der Waals surface area contributed by atoms with Crippen LogP contribution in [0.5, 0.6) is 0 Å².